The molecule has 39 heavy (non-hydrogen) atoms. The fraction of sp³-hybridized carbons (Fsp3) is 0.516. The monoisotopic (exact) mass is 559 g/mol. The van der Waals surface area contributed by atoms with Crippen LogP contribution in [-0.2, 0) is 16.4 Å². The highest BCUT2D eigenvalue weighted by molar-refractivity contribution is 7.92. The van der Waals surface area contributed by atoms with E-state index < -0.39 is 21.8 Å². The zero-order chi connectivity index (χ0) is 30.9. The van der Waals surface area contributed by atoms with Crippen LogP contribution in [0.5, 0.6) is 5.75 Å². The van der Waals surface area contributed by atoms with Crippen molar-refractivity contribution >= 4 is 32.5 Å². The molecule has 3 rings (SSSR count). The molecule has 0 unspecified atom stereocenters. The van der Waals surface area contributed by atoms with Gasteiger partial charge in [-0.05, 0) is 81.2 Å². The number of ether oxygens (including phenoxy) is 1. The topological polar surface area (TPSA) is 88.8 Å². The average Bonchev–Trinajstić information content (AvgIpc) is 3.35. The SMILES string of the molecule is [2H]c1c(NS(C)(=O)=O)c([2H])c2c(C(=O)c3ccc(OCCCN(CCCC)CCCC)cc3)c(CCCC)oc2c1[2H]. The molecule has 0 saturated heterocycles. The van der Waals surface area contributed by atoms with Gasteiger partial charge in [0.25, 0.3) is 0 Å². The molecule has 0 amide bonds. The third-order valence-corrected chi connectivity index (χ3v) is 7.04. The van der Waals surface area contributed by atoms with Gasteiger partial charge in [0.05, 0.1) is 22.5 Å². The van der Waals surface area contributed by atoms with Gasteiger partial charge in [-0.1, -0.05) is 40.0 Å². The summed E-state index contributed by atoms with van der Waals surface area (Å²) in [6.07, 6.45) is 8.50. The second-order valence-electron chi connectivity index (χ2n) is 9.94. The molecule has 7 nitrogen and oxygen atoms in total. The number of carbonyl (C=O) groups excluding carboxylic acids is 1. The Morgan fingerprint density at radius 3 is 2.23 bits per heavy atom. The van der Waals surface area contributed by atoms with Crippen LogP contribution < -0.4 is 9.46 Å². The number of carbonyl (C=O) groups is 1. The number of hydrogen-bond acceptors (Lipinski definition) is 6. The highest BCUT2D eigenvalue weighted by atomic mass is 32.2. The van der Waals surface area contributed by atoms with Gasteiger partial charge in [0.1, 0.15) is 17.1 Å². The van der Waals surface area contributed by atoms with Crippen molar-refractivity contribution in [1.29, 1.82) is 0 Å². The molecule has 0 fully saturated rings. The van der Waals surface area contributed by atoms with Crippen LogP contribution in [0.25, 0.3) is 11.0 Å². The minimum atomic E-state index is -3.83. The predicted molar refractivity (Wildman–Crippen MR) is 160 cm³/mol. The summed E-state index contributed by atoms with van der Waals surface area (Å²) >= 11 is 0. The van der Waals surface area contributed by atoms with Gasteiger partial charge in [-0.25, -0.2) is 8.42 Å². The summed E-state index contributed by atoms with van der Waals surface area (Å²) in [6, 6.07) is 5.58. The number of furan rings is 1. The van der Waals surface area contributed by atoms with Crippen LogP contribution in [0.4, 0.5) is 5.69 Å². The lowest BCUT2D eigenvalue weighted by atomic mass is 9.98. The lowest BCUT2D eigenvalue weighted by Crippen LogP contribution is -2.28. The second-order valence-corrected chi connectivity index (χ2v) is 11.7. The van der Waals surface area contributed by atoms with E-state index in [-0.39, 0.29) is 34.3 Å². The van der Waals surface area contributed by atoms with Crippen LogP contribution >= 0.6 is 0 Å². The van der Waals surface area contributed by atoms with Crippen molar-refractivity contribution in [3.8, 4) is 5.75 Å². The van der Waals surface area contributed by atoms with Crippen LogP contribution in [-0.4, -0.2) is 51.6 Å². The summed E-state index contributed by atoms with van der Waals surface area (Å²) < 4.78 is 63.3. The molecule has 1 aromatic heterocycles. The van der Waals surface area contributed by atoms with E-state index in [1.807, 2.05) is 6.92 Å². The van der Waals surface area contributed by atoms with Gasteiger partial charge in [0.15, 0.2) is 5.78 Å². The van der Waals surface area contributed by atoms with E-state index in [9.17, 15) is 13.2 Å². The molecule has 1 heterocycles. The Bertz CT molecular complexity index is 1450. The van der Waals surface area contributed by atoms with E-state index >= 15 is 0 Å². The molecular formula is C31H44N2O5S. The zero-order valence-corrected chi connectivity index (χ0v) is 24.5. The van der Waals surface area contributed by atoms with Crippen LogP contribution in [0, 0.1) is 0 Å². The fourth-order valence-electron chi connectivity index (χ4n) is 4.37. The number of benzene rings is 2. The maximum atomic E-state index is 13.8. The van der Waals surface area contributed by atoms with Crippen molar-refractivity contribution < 1.29 is 26.5 Å². The molecule has 0 bridgehead atoms. The summed E-state index contributed by atoms with van der Waals surface area (Å²) in [5.41, 5.74) is 0.0667. The van der Waals surface area contributed by atoms with Gasteiger partial charge < -0.3 is 14.1 Å². The zero-order valence-electron chi connectivity index (χ0n) is 26.7. The molecule has 2 aromatic carbocycles. The van der Waals surface area contributed by atoms with Crippen molar-refractivity contribution in [3.63, 3.8) is 0 Å². The van der Waals surface area contributed by atoms with Gasteiger partial charge in [0.2, 0.25) is 10.0 Å². The molecule has 0 radical (unpaired) electrons. The van der Waals surface area contributed by atoms with Gasteiger partial charge in [-0.2, -0.15) is 0 Å². The molecule has 0 atom stereocenters. The van der Waals surface area contributed by atoms with E-state index in [1.54, 1.807) is 24.3 Å². The number of nitrogens with one attached hydrogen (secondary N) is 1. The standard InChI is InChI=1S/C31H44N2O5S/c1-5-8-12-29-30(27-23-25(32-39(4,35)36)15-18-28(27)38-29)31(34)24-13-16-26(17-14-24)37-22-11-21-33(19-9-6-2)20-10-7-3/h13-18,23,32H,5-12,19-22H2,1-4H3/i15D,18D,23D. The Morgan fingerprint density at radius 2 is 1.62 bits per heavy atom. The Hall–Kier alpha value is -2.84. The first kappa shape index (κ1) is 26.4. The molecule has 214 valence electrons. The molecule has 1 N–H and O–H groups in total. The van der Waals surface area contributed by atoms with Crippen LogP contribution in [0.3, 0.4) is 0 Å². The van der Waals surface area contributed by atoms with Crippen molar-refractivity contribution in [2.45, 2.75) is 72.1 Å². The highest BCUT2D eigenvalue weighted by Gasteiger charge is 2.22. The number of hydrogen-bond donors (Lipinski definition) is 1. The first-order valence-electron chi connectivity index (χ1n) is 15.5. The summed E-state index contributed by atoms with van der Waals surface area (Å²) in [4.78, 5) is 16.3. The Morgan fingerprint density at radius 1 is 0.974 bits per heavy atom. The first-order chi connectivity index (χ1) is 20.0. The van der Waals surface area contributed by atoms with E-state index in [4.69, 9.17) is 13.3 Å². The Kier molecular flexibility index (Phi) is 10.2. The summed E-state index contributed by atoms with van der Waals surface area (Å²) in [6.45, 7) is 10.2. The minimum Gasteiger partial charge on any atom is -0.494 e. The van der Waals surface area contributed by atoms with E-state index in [0.717, 1.165) is 38.7 Å². The molecular weight excluding hydrogens is 512 g/mol. The van der Waals surface area contributed by atoms with E-state index in [2.05, 4.69) is 23.5 Å². The van der Waals surface area contributed by atoms with Crippen LogP contribution in [0.1, 0.15) is 91.5 Å². The number of sulfonamides is 1. The third-order valence-electron chi connectivity index (χ3n) is 6.46. The molecule has 0 aliphatic rings. The molecule has 0 saturated carbocycles. The van der Waals surface area contributed by atoms with Gasteiger partial charge >= 0.3 is 0 Å². The molecule has 0 spiro atoms. The number of unbranched alkanes of at least 4 members (excludes halogenated alkanes) is 3. The number of rotatable bonds is 18. The van der Waals surface area contributed by atoms with Crippen molar-refractivity contribution in [3.05, 3.63) is 59.3 Å². The quantitative estimate of drug-likeness (QED) is 0.133. The van der Waals surface area contributed by atoms with Gasteiger partial charge in [-0.3, -0.25) is 9.52 Å². The van der Waals surface area contributed by atoms with Crippen molar-refractivity contribution in [2.24, 2.45) is 0 Å². The maximum Gasteiger partial charge on any atom is 0.229 e. The first-order valence-corrected chi connectivity index (χ1v) is 15.9. The number of fused-ring (bicyclic) bond motifs is 1. The van der Waals surface area contributed by atoms with E-state index in [0.29, 0.717) is 36.5 Å². The second kappa shape index (κ2) is 15.1. The minimum absolute atomic E-state index is 0.0364. The van der Waals surface area contributed by atoms with Gasteiger partial charge in [0, 0.05) is 29.6 Å². The normalized spacial score (nSPS) is 12.9. The number of ketones is 1. The average molecular weight is 560 g/mol. The van der Waals surface area contributed by atoms with Crippen LogP contribution in [0.2, 0.25) is 0 Å². The highest BCUT2D eigenvalue weighted by Crippen LogP contribution is 2.32. The predicted octanol–water partition coefficient (Wildman–Crippen LogP) is 7.05. The number of anilines is 1. The van der Waals surface area contributed by atoms with Gasteiger partial charge in [-0.15, -0.1) is 0 Å². The lowest BCUT2D eigenvalue weighted by molar-refractivity contribution is 0.103. The Balaban J connectivity index is 1.85. The summed E-state index contributed by atoms with van der Waals surface area (Å²) in [5.74, 6) is 0.576. The Labute approximate surface area is 238 Å². The smallest absolute Gasteiger partial charge is 0.229 e. The summed E-state index contributed by atoms with van der Waals surface area (Å²) in [7, 11) is -3.83. The fourth-order valence-corrected chi connectivity index (χ4v) is 4.85. The van der Waals surface area contributed by atoms with Crippen LogP contribution in [0.15, 0.2) is 46.8 Å². The lowest BCUT2D eigenvalue weighted by Gasteiger charge is -2.21. The van der Waals surface area contributed by atoms with Crippen molar-refractivity contribution in [2.75, 3.05) is 37.2 Å². The third kappa shape index (κ3) is 9.39. The number of nitrogens with zero attached hydrogens (tertiary/aromatic N) is 1. The largest absolute Gasteiger partial charge is 0.494 e. The number of aryl methyl sites for hydroxylation is 1. The summed E-state index contributed by atoms with van der Waals surface area (Å²) in [5, 5.41) is 0.0364. The maximum absolute atomic E-state index is 13.8. The molecule has 0 aliphatic heterocycles. The van der Waals surface area contributed by atoms with E-state index in [1.165, 1.54) is 25.7 Å². The molecule has 8 heteroatoms. The van der Waals surface area contributed by atoms with Crippen molar-refractivity contribution in [1.82, 2.24) is 4.90 Å². The molecule has 3 aromatic rings. The molecule has 0 aliphatic carbocycles.